The van der Waals surface area contributed by atoms with E-state index in [-0.39, 0.29) is 11.5 Å². The molecule has 1 aromatic carbocycles. The predicted octanol–water partition coefficient (Wildman–Crippen LogP) is 3.54. The Balaban J connectivity index is 2.12. The summed E-state index contributed by atoms with van der Waals surface area (Å²) in [5.41, 5.74) is 3.72. The first-order chi connectivity index (χ1) is 12.4. The summed E-state index contributed by atoms with van der Waals surface area (Å²) in [6, 6.07) is 6.01. The van der Waals surface area contributed by atoms with E-state index < -0.39 is 5.25 Å². The summed E-state index contributed by atoms with van der Waals surface area (Å²) in [5.74, 6) is 0.569. The lowest BCUT2D eigenvalue weighted by molar-refractivity contribution is -0.142. The summed E-state index contributed by atoms with van der Waals surface area (Å²) in [4.78, 5) is 30.7. The number of fused-ring (bicyclic) bond motifs is 1. The third-order valence-corrected chi connectivity index (χ3v) is 6.17. The van der Waals surface area contributed by atoms with Gasteiger partial charge in [0.25, 0.3) is 5.56 Å². The van der Waals surface area contributed by atoms with Gasteiger partial charge in [0.15, 0.2) is 5.16 Å². The number of carbonyl (C=O) groups excluding carboxylic acids is 1. The zero-order valence-electron chi connectivity index (χ0n) is 15.4. The van der Waals surface area contributed by atoms with Crippen LogP contribution in [0, 0.1) is 13.8 Å². The van der Waals surface area contributed by atoms with Crippen LogP contribution < -0.4 is 5.56 Å². The van der Waals surface area contributed by atoms with Crippen LogP contribution in [0.5, 0.6) is 0 Å². The van der Waals surface area contributed by atoms with Crippen LogP contribution >= 0.6 is 23.5 Å². The number of thioether (sulfide) groups is 2. The van der Waals surface area contributed by atoms with Crippen LogP contribution in [0.15, 0.2) is 33.0 Å². The van der Waals surface area contributed by atoms with Gasteiger partial charge in [-0.2, -0.15) is 0 Å². The van der Waals surface area contributed by atoms with E-state index in [0.29, 0.717) is 11.8 Å². The standard InChI is InChI=1S/C19H22N2O3S2/c1-5-24-18(23)13(4)26-19-20-15-6-7-25-16(15)17(22)21(19)14-9-11(2)8-12(3)10-14/h8-10,13H,5-7H2,1-4H3/t13-/m1/s1. The normalized spacial score (nSPS) is 14.2. The number of hydrogen-bond acceptors (Lipinski definition) is 6. The van der Waals surface area contributed by atoms with Crippen molar-refractivity contribution >= 4 is 29.5 Å². The molecule has 0 fully saturated rings. The van der Waals surface area contributed by atoms with Crippen molar-refractivity contribution in [1.82, 2.24) is 9.55 Å². The fraction of sp³-hybridized carbons (Fsp3) is 0.421. The summed E-state index contributed by atoms with van der Waals surface area (Å²) >= 11 is 2.83. The first-order valence-electron chi connectivity index (χ1n) is 8.61. The maximum Gasteiger partial charge on any atom is 0.319 e. The Hall–Kier alpha value is -1.73. The minimum atomic E-state index is -0.439. The summed E-state index contributed by atoms with van der Waals surface area (Å²) < 4.78 is 6.74. The molecule has 3 rings (SSSR count). The van der Waals surface area contributed by atoms with E-state index in [0.717, 1.165) is 39.6 Å². The SMILES string of the molecule is CCOC(=O)[C@@H](C)Sc1nc2c(c(=O)n1-c1cc(C)cc(C)c1)SCC2. The quantitative estimate of drug-likeness (QED) is 0.442. The van der Waals surface area contributed by atoms with Gasteiger partial charge in [0.05, 0.1) is 22.9 Å². The molecule has 5 nitrogen and oxygen atoms in total. The average Bonchev–Trinajstić information content (AvgIpc) is 3.03. The first kappa shape index (κ1) is 19.0. The Kier molecular flexibility index (Phi) is 5.77. The number of benzene rings is 1. The van der Waals surface area contributed by atoms with Crippen molar-refractivity contribution < 1.29 is 9.53 Å². The van der Waals surface area contributed by atoms with E-state index in [2.05, 4.69) is 6.07 Å². The van der Waals surface area contributed by atoms with Gasteiger partial charge in [0.1, 0.15) is 5.25 Å². The van der Waals surface area contributed by atoms with E-state index >= 15 is 0 Å². The van der Waals surface area contributed by atoms with Gasteiger partial charge >= 0.3 is 5.97 Å². The van der Waals surface area contributed by atoms with Gasteiger partial charge in [-0.15, -0.1) is 11.8 Å². The van der Waals surface area contributed by atoms with Crippen molar-refractivity contribution in [1.29, 1.82) is 0 Å². The Labute approximate surface area is 161 Å². The van der Waals surface area contributed by atoms with Crippen molar-refractivity contribution in [2.45, 2.75) is 49.4 Å². The monoisotopic (exact) mass is 390 g/mol. The molecule has 0 saturated heterocycles. The number of rotatable bonds is 5. The molecular formula is C19H22N2O3S2. The molecule has 1 aliphatic rings. The van der Waals surface area contributed by atoms with Crippen molar-refractivity contribution in [2.24, 2.45) is 0 Å². The van der Waals surface area contributed by atoms with Gasteiger partial charge in [-0.1, -0.05) is 17.8 Å². The van der Waals surface area contributed by atoms with Gasteiger partial charge < -0.3 is 4.74 Å². The molecule has 0 radical (unpaired) electrons. The van der Waals surface area contributed by atoms with Crippen molar-refractivity contribution in [3.8, 4) is 5.69 Å². The lowest BCUT2D eigenvalue weighted by Crippen LogP contribution is -2.26. The second kappa shape index (κ2) is 7.88. The van der Waals surface area contributed by atoms with E-state index in [1.807, 2.05) is 26.0 Å². The van der Waals surface area contributed by atoms with Crippen LogP contribution in [0.2, 0.25) is 0 Å². The molecule has 7 heteroatoms. The van der Waals surface area contributed by atoms with Gasteiger partial charge in [-0.3, -0.25) is 14.2 Å². The number of ether oxygens (including phenoxy) is 1. The van der Waals surface area contributed by atoms with Crippen LogP contribution in [-0.2, 0) is 16.0 Å². The molecule has 0 unspecified atom stereocenters. The summed E-state index contributed by atoms with van der Waals surface area (Å²) in [6.45, 7) is 7.91. The fourth-order valence-electron chi connectivity index (χ4n) is 2.94. The van der Waals surface area contributed by atoms with Gasteiger partial charge in [-0.25, -0.2) is 4.98 Å². The predicted molar refractivity (Wildman–Crippen MR) is 106 cm³/mol. The minimum absolute atomic E-state index is 0.0546. The highest BCUT2D eigenvalue weighted by molar-refractivity contribution is 8.00. The van der Waals surface area contributed by atoms with Gasteiger partial charge in [0.2, 0.25) is 0 Å². The zero-order valence-corrected chi connectivity index (χ0v) is 17.0. The zero-order chi connectivity index (χ0) is 18.8. The second-order valence-corrected chi connectivity index (χ2v) is 8.68. The average molecular weight is 391 g/mol. The highest BCUT2D eigenvalue weighted by atomic mass is 32.2. The Bertz CT molecular complexity index is 888. The van der Waals surface area contributed by atoms with E-state index in [9.17, 15) is 9.59 Å². The van der Waals surface area contributed by atoms with Crippen LogP contribution in [-0.4, -0.2) is 33.1 Å². The summed E-state index contributed by atoms with van der Waals surface area (Å²) in [7, 11) is 0. The molecule has 0 N–H and O–H groups in total. The molecule has 0 spiro atoms. The summed E-state index contributed by atoms with van der Waals surface area (Å²) in [5, 5.41) is 0.105. The number of aryl methyl sites for hydroxylation is 3. The molecule has 26 heavy (non-hydrogen) atoms. The number of hydrogen-bond donors (Lipinski definition) is 0. The van der Waals surface area contributed by atoms with Crippen molar-refractivity contribution in [3.05, 3.63) is 45.4 Å². The van der Waals surface area contributed by atoms with Gasteiger partial charge in [0, 0.05) is 12.2 Å². The second-order valence-electron chi connectivity index (χ2n) is 6.27. The molecule has 1 atom stereocenters. The Morgan fingerprint density at radius 2 is 2.04 bits per heavy atom. The molecule has 138 valence electrons. The minimum Gasteiger partial charge on any atom is -0.465 e. The summed E-state index contributed by atoms with van der Waals surface area (Å²) in [6.07, 6.45) is 0.782. The smallest absolute Gasteiger partial charge is 0.319 e. The molecular weight excluding hydrogens is 368 g/mol. The maximum absolute atomic E-state index is 13.2. The van der Waals surface area contributed by atoms with E-state index in [4.69, 9.17) is 9.72 Å². The fourth-order valence-corrected chi connectivity index (χ4v) is 4.91. The van der Waals surface area contributed by atoms with E-state index in [1.165, 1.54) is 11.8 Å². The number of nitrogens with zero attached hydrogens (tertiary/aromatic N) is 2. The van der Waals surface area contributed by atoms with Crippen molar-refractivity contribution in [2.75, 3.05) is 12.4 Å². The molecule has 2 aromatic rings. The van der Waals surface area contributed by atoms with E-state index in [1.54, 1.807) is 30.2 Å². The third-order valence-electron chi connectivity index (χ3n) is 4.03. The molecule has 1 aliphatic heterocycles. The molecule has 0 bridgehead atoms. The third kappa shape index (κ3) is 3.83. The Morgan fingerprint density at radius 3 is 2.69 bits per heavy atom. The molecule has 0 amide bonds. The largest absolute Gasteiger partial charge is 0.465 e. The van der Waals surface area contributed by atoms with Crippen LogP contribution in [0.1, 0.15) is 30.7 Å². The van der Waals surface area contributed by atoms with Crippen molar-refractivity contribution in [3.63, 3.8) is 0 Å². The number of carbonyl (C=O) groups is 1. The molecule has 0 saturated carbocycles. The van der Waals surface area contributed by atoms with Crippen LogP contribution in [0.3, 0.4) is 0 Å². The molecule has 0 aliphatic carbocycles. The number of aromatic nitrogens is 2. The molecule has 2 heterocycles. The highest BCUT2D eigenvalue weighted by Gasteiger charge is 2.25. The topological polar surface area (TPSA) is 61.2 Å². The number of esters is 1. The Morgan fingerprint density at radius 1 is 1.35 bits per heavy atom. The first-order valence-corrected chi connectivity index (χ1v) is 10.5. The van der Waals surface area contributed by atoms with Crippen LogP contribution in [0.4, 0.5) is 0 Å². The lowest BCUT2D eigenvalue weighted by Gasteiger charge is -2.17. The lowest BCUT2D eigenvalue weighted by atomic mass is 10.1. The van der Waals surface area contributed by atoms with Gasteiger partial charge in [-0.05, 0) is 51.0 Å². The molecule has 1 aromatic heterocycles. The van der Waals surface area contributed by atoms with Crippen LogP contribution in [0.25, 0.3) is 5.69 Å². The maximum atomic E-state index is 13.2. The highest BCUT2D eigenvalue weighted by Crippen LogP contribution is 2.31.